The van der Waals surface area contributed by atoms with Crippen molar-refractivity contribution < 1.29 is 19.2 Å². The Hall–Kier alpha value is -3.04. The number of amides is 4. The molecule has 0 bridgehead atoms. The van der Waals surface area contributed by atoms with Crippen molar-refractivity contribution in [1.29, 1.82) is 0 Å². The van der Waals surface area contributed by atoms with Crippen LogP contribution in [0, 0.1) is 0 Å². The molecule has 3 rings (SSSR count). The van der Waals surface area contributed by atoms with Gasteiger partial charge in [-0.15, -0.1) is 0 Å². The van der Waals surface area contributed by atoms with Gasteiger partial charge in [-0.25, -0.2) is 0 Å². The maximum absolute atomic E-state index is 12.5. The summed E-state index contributed by atoms with van der Waals surface area (Å²) in [6, 6.07) is 11.2. The zero-order valence-corrected chi connectivity index (χ0v) is 19.6. The molecule has 0 unspecified atom stereocenters. The van der Waals surface area contributed by atoms with E-state index in [9.17, 15) is 19.2 Å². The number of likely N-dealkylation sites (N-methyl/N-ethyl adjacent to an activating group) is 1. The van der Waals surface area contributed by atoms with Crippen molar-refractivity contribution in [3.63, 3.8) is 0 Å². The van der Waals surface area contributed by atoms with Crippen molar-refractivity contribution in [3.05, 3.63) is 63.6 Å². The summed E-state index contributed by atoms with van der Waals surface area (Å²) in [7, 11) is 0. The molecule has 1 aliphatic heterocycles. The highest BCUT2D eigenvalue weighted by atomic mass is 79.9. The van der Waals surface area contributed by atoms with Gasteiger partial charge in [0.15, 0.2) is 0 Å². The predicted octanol–water partition coefficient (Wildman–Crippen LogP) is 2.76. The zero-order chi connectivity index (χ0) is 23.3. The van der Waals surface area contributed by atoms with Crippen molar-refractivity contribution in [2.45, 2.75) is 13.8 Å². The van der Waals surface area contributed by atoms with Crippen LogP contribution >= 0.6 is 15.9 Å². The monoisotopic (exact) mass is 500 g/mol. The molecule has 0 atom stereocenters. The first-order valence-electron chi connectivity index (χ1n) is 10.4. The van der Waals surface area contributed by atoms with Crippen LogP contribution in [0.5, 0.6) is 0 Å². The van der Waals surface area contributed by atoms with Gasteiger partial charge in [0.05, 0.1) is 11.1 Å². The van der Waals surface area contributed by atoms with Gasteiger partial charge in [0.25, 0.3) is 17.7 Å². The number of hydrogen-bond acceptors (Lipinski definition) is 5. The van der Waals surface area contributed by atoms with Crippen LogP contribution in [0.25, 0.3) is 0 Å². The van der Waals surface area contributed by atoms with Gasteiger partial charge in [-0.2, -0.15) is 0 Å². The number of anilines is 1. The van der Waals surface area contributed by atoms with Crippen LogP contribution in [0.15, 0.2) is 46.9 Å². The Labute approximate surface area is 195 Å². The van der Waals surface area contributed by atoms with Crippen LogP contribution in [0.2, 0.25) is 0 Å². The summed E-state index contributed by atoms with van der Waals surface area (Å²) < 4.78 is 0.681. The minimum Gasteiger partial charge on any atom is -0.351 e. The number of nitrogens with one attached hydrogen (secondary N) is 2. The van der Waals surface area contributed by atoms with E-state index in [2.05, 4.69) is 45.3 Å². The molecule has 2 N–H and O–H groups in total. The standard InChI is InChI=1S/C23H25BrN4O4/c1-3-27(4-2)12-11-25-21(30)15-5-8-17(9-6-15)26-20(29)14-28-22(31)18-10-7-16(24)13-19(18)23(28)32/h5-10,13H,3-4,11-12,14H2,1-2H3,(H,25,30)(H,26,29). The summed E-state index contributed by atoms with van der Waals surface area (Å²) in [4.78, 5) is 52.8. The van der Waals surface area contributed by atoms with Gasteiger partial charge in [0.1, 0.15) is 6.54 Å². The topological polar surface area (TPSA) is 98.8 Å². The molecule has 2 aromatic rings. The van der Waals surface area contributed by atoms with Gasteiger partial charge >= 0.3 is 0 Å². The molecule has 8 nitrogen and oxygen atoms in total. The van der Waals surface area contributed by atoms with Crippen LogP contribution in [0.3, 0.4) is 0 Å². The van der Waals surface area contributed by atoms with Gasteiger partial charge in [0, 0.05) is 28.8 Å². The van der Waals surface area contributed by atoms with Gasteiger partial charge in [-0.05, 0) is 55.6 Å². The number of fused-ring (bicyclic) bond motifs is 1. The predicted molar refractivity (Wildman–Crippen MR) is 125 cm³/mol. The van der Waals surface area contributed by atoms with Gasteiger partial charge in [-0.3, -0.25) is 24.1 Å². The number of hydrogen-bond donors (Lipinski definition) is 2. The first-order chi connectivity index (χ1) is 15.3. The molecule has 9 heteroatoms. The third kappa shape index (κ3) is 5.41. The summed E-state index contributed by atoms with van der Waals surface area (Å²) in [5.74, 6) is -1.69. The second-order valence-electron chi connectivity index (χ2n) is 7.29. The molecule has 1 aliphatic rings. The minimum atomic E-state index is -0.505. The third-order valence-electron chi connectivity index (χ3n) is 5.27. The lowest BCUT2D eigenvalue weighted by Gasteiger charge is -2.18. The third-order valence-corrected chi connectivity index (χ3v) is 5.77. The zero-order valence-electron chi connectivity index (χ0n) is 18.0. The smallest absolute Gasteiger partial charge is 0.262 e. The van der Waals surface area contributed by atoms with E-state index in [1.54, 1.807) is 42.5 Å². The quantitative estimate of drug-likeness (QED) is 0.515. The van der Waals surface area contributed by atoms with Gasteiger partial charge < -0.3 is 15.5 Å². The van der Waals surface area contributed by atoms with E-state index in [0.29, 0.717) is 22.3 Å². The van der Waals surface area contributed by atoms with E-state index in [1.807, 2.05) is 0 Å². The maximum atomic E-state index is 12.5. The molecule has 0 aromatic heterocycles. The Bertz CT molecular complexity index is 1030. The first-order valence-corrected chi connectivity index (χ1v) is 11.2. The molecule has 0 spiro atoms. The van der Waals surface area contributed by atoms with E-state index in [-0.39, 0.29) is 17.0 Å². The highest BCUT2D eigenvalue weighted by Gasteiger charge is 2.36. The summed E-state index contributed by atoms with van der Waals surface area (Å²) in [5.41, 5.74) is 1.50. The van der Waals surface area contributed by atoms with E-state index < -0.39 is 24.3 Å². The van der Waals surface area contributed by atoms with E-state index in [4.69, 9.17) is 0 Å². The van der Waals surface area contributed by atoms with E-state index in [0.717, 1.165) is 24.5 Å². The lowest BCUT2D eigenvalue weighted by atomic mass is 10.1. The van der Waals surface area contributed by atoms with Crippen molar-refractivity contribution >= 4 is 45.2 Å². The average Bonchev–Trinajstić information content (AvgIpc) is 3.01. The largest absolute Gasteiger partial charge is 0.351 e. The molecule has 4 amide bonds. The Morgan fingerprint density at radius 3 is 2.28 bits per heavy atom. The van der Waals surface area contributed by atoms with Crippen LogP contribution in [-0.2, 0) is 4.79 Å². The summed E-state index contributed by atoms with van der Waals surface area (Å²) >= 11 is 3.28. The molecule has 0 saturated heterocycles. The molecule has 0 radical (unpaired) electrons. The number of halogens is 1. The molecule has 168 valence electrons. The number of carbonyl (C=O) groups excluding carboxylic acids is 4. The van der Waals surface area contributed by atoms with Crippen LogP contribution in [0.1, 0.15) is 44.9 Å². The highest BCUT2D eigenvalue weighted by molar-refractivity contribution is 9.10. The lowest BCUT2D eigenvalue weighted by Crippen LogP contribution is -2.37. The van der Waals surface area contributed by atoms with Crippen LogP contribution in [0.4, 0.5) is 5.69 Å². The van der Waals surface area contributed by atoms with Crippen LogP contribution < -0.4 is 10.6 Å². The van der Waals surface area contributed by atoms with Crippen molar-refractivity contribution in [3.8, 4) is 0 Å². The Morgan fingerprint density at radius 2 is 1.62 bits per heavy atom. The second-order valence-corrected chi connectivity index (χ2v) is 8.21. The Morgan fingerprint density at radius 1 is 0.969 bits per heavy atom. The fraction of sp³-hybridized carbons (Fsp3) is 0.304. The molecular formula is C23H25BrN4O4. The van der Waals surface area contributed by atoms with Crippen molar-refractivity contribution in [2.24, 2.45) is 0 Å². The summed E-state index contributed by atoms with van der Waals surface area (Å²) in [6.45, 7) is 6.95. The maximum Gasteiger partial charge on any atom is 0.262 e. The summed E-state index contributed by atoms with van der Waals surface area (Å²) in [6.07, 6.45) is 0. The number of carbonyl (C=O) groups is 4. The average molecular weight is 501 g/mol. The fourth-order valence-electron chi connectivity index (χ4n) is 3.43. The van der Waals surface area contributed by atoms with Crippen molar-refractivity contribution in [1.82, 2.24) is 15.1 Å². The SMILES string of the molecule is CCN(CC)CCNC(=O)c1ccc(NC(=O)CN2C(=O)c3ccc(Br)cc3C2=O)cc1. The highest BCUT2D eigenvalue weighted by Crippen LogP contribution is 2.26. The second kappa shape index (κ2) is 10.5. The minimum absolute atomic E-state index is 0.188. The van der Waals surface area contributed by atoms with E-state index in [1.165, 1.54) is 0 Å². The molecule has 1 heterocycles. The molecule has 0 aliphatic carbocycles. The molecular weight excluding hydrogens is 476 g/mol. The Balaban J connectivity index is 1.53. The lowest BCUT2D eigenvalue weighted by molar-refractivity contribution is -0.116. The molecule has 0 saturated carbocycles. The number of rotatable bonds is 9. The van der Waals surface area contributed by atoms with E-state index >= 15 is 0 Å². The number of nitrogens with zero attached hydrogens (tertiary/aromatic N) is 2. The molecule has 0 fully saturated rings. The van der Waals surface area contributed by atoms with Gasteiger partial charge in [0.2, 0.25) is 5.91 Å². The first kappa shape index (κ1) is 23.6. The number of benzene rings is 2. The van der Waals surface area contributed by atoms with Gasteiger partial charge in [-0.1, -0.05) is 29.8 Å². The fourth-order valence-corrected chi connectivity index (χ4v) is 3.79. The van der Waals surface area contributed by atoms with Crippen molar-refractivity contribution in [2.75, 3.05) is 38.0 Å². The molecule has 2 aromatic carbocycles. The number of imide groups is 1. The molecule has 32 heavy (non-hydrogen) atoms. The normalized spacial score (nSPS) is 12.8. The van der Waals surface area contributed by atoms with Crippen LogP contribution in [-0.4, -0.2) is 66.2 Å². The Kier molecular flexibility index (Phi) is 7.76. The summed E-state index contributed by atoms with van der Waals surface area (Å²) in [5, 5.41) is 5.53.